The van der Waals surface area contributed by atoms with Crippen molar-refractivity contribution in [3.63, 3.8) is 0 Å². The van der Waals surface area contributed by atoms with Crippen molar-refractivity contribution in [1.29, 1.82) is 0 Å². The lowest BCUT2D eigenvalue weighted by Crippen LogP contribution is -2.53. The highest BCUT2D eigenvalue weighted by molar-refractivity contribution is 5.68. The van der Waals surface area contributed by atoms with E-state index in [2.05, 4.69) is 21.3 Å². The zero-order chi connectivity index (χ0) is 7.61. The Hall–Kier alpha value is -1.21. The molecule has 7 heteroatoms. The molecule has 0 bridgehead atoms. The predicted molar refractivity (Wildman–Crippen MR) is 30.3 cm³/mol. The molecule has 1 atom stereocenters. The molecule has 0 aromatic carbocycles. The molecule has 0 amide bonds. The number of carboxylic acids is 1. The van der Waals surface area contributed by atoms with Crippen LogP contribution >= 0.6 is 0 Å². The molecule has 7 nitrogen and oxygen atoms in total. The van der Waals surface area contributed by atoms with Crippen LogP contribution in [0.15, 0.2) is 10.3 Å². The summed E-state index contributed by atoms with van der Waals surface area (Å²) < 4.78 is 0. The predicted octanol–water partition coefficient (Wildman–Crippen LogP) is -1.45. The highest BCUT2D eigenvalue weighted by Gasteiger charge is 2.30. The van der Waals surface area contributed by atoms with E-state index in [4.69, 9.17) is 10.8 Å². The number of hydrogen-bond donors (Lipinski definition) is 4. The van der Waals surface area contributed by atoms with Crippen molar-refractivity contribution in [2.24, 2.45) is 16.1 Å². The van der Waals surface area contributed by atoms with Crippen LogP contribution in [0.5, 0.6) is 0 Å². The average Bonchev–Trinajstić information content (AvgIpc) is 2.12. The minimum atomic E-state index is -1.29. The molecule has 1 aliphatic heterocycles. The van der Waals surface area contributed by atoms with Crippen molar-refractivity contribution in [3.05, 3.63) is 0 Å². The number of nitrogens with two attached hydrogens (primary N) is 1. The number of rotatable bonds is 2. The number of hydrogen-bond acceptors (Lipinski definition) is 6. The summed E-state index contributed by atoms with van der Waals surface area (Å²) in [6.07, 6.45) is -0.302. The zero-order valence-electron chi connectivity index (χ0n) is 5.03. The van der Waals surface area contributed by atoms with Gasteiger partial charge < -0.3 is 5.11 Å². The van der Waals surface area contributed by atoms with Crippen LogP contribution in [-0.2, 0) is 4.79 Å². The van der Waals surface area contributed by atoms with Crippen LogP contribution in [0.2, 0.25) is 0 Å². The second-order valence-electron chi connectivity index (χ2n) is 1.93. The van der Waals surface area contributed by atoms with Gasteiger partial charge in [-0.25, -0.2) is 5.53 Å². The number of nitrogens with one attached hydrogen (secondary N) is 2. The van der Waals surface area contributed by atoms with Crippen molar-refractivity contribution in [3.8, 4) is 0 Å². The number of carboxylic acid groups (broad SMARTS) is 1. The lowest BCUT2D eigenvalue weighted by atomic mass is 10.3. The zero-order valence-corrected chi connectivity index (χ0v) is 5.03. The quantitative estimate of drug-likeness (QED) is 0.379. The molecule has 1 aliphatic rings. The first-order valence-electron chi connectivity index (χ1n) is 2.57. The van der Waals surface area contributed by atoms with E-state index in [9.17, 15) is 4.79 Å². The van der Waals surface area contributed by atoms with Crippen molar-refractivity contribution in [2.45, 2.75) is 12.2 Å². The van der Waals surface area contributed by atoms with E-state index in [0.717, 1.165) is 0 Å². The molecule has 0 aliphatic carbocycles. The molecule has 0 saturated heterocycles. The van der Waals surface area contributed by atoms with Gasteiger partial charge in [0, 0.05) is 0 Å². The summed E-state index contributed by atoms with van der Waals surface area (Å²) in [7, 11) is 0. The smallest absolute Gasteiger partial charge is 0.308 e. The van der Waals surface area contributed by atoms with Crippen LogP contribution in [0.1, 0.15) is 6.42 Å². The Morgan fingerprint density at radius 3 is 2.90 bits per heavy atom. The Bertz CT molecular complexity index is 180. The average molecular weight is 145 g/mol. The van der Waals surface area contributed by atoms with Crippen LogP contribution in [0.25, 0.3) is 0 Å². The van der Waals surface area contributed by atoms with E-state index in [0.29, 0.717) is 0 Å². The summed E-state index contributed by atoms with van der Waals surface area (Å²) in [5, 5.41) is 15.0. The van der Waals surface area contributed by atoms with Crippen molar-refractivity contribution in [1.82, 2.24) is 11.0 Å². The van der Waals surface area contributed by atoms with Gasteiger partial charge in [-0.15, -0.1) is 5.11 Å². The van der Waals surface area contributed by atoms with Crippen LogP contribution in [0.4, 0.5) is 0 Å². The molecule has 1 unspecified atom stereocenters. The molecule has 0 aromatic heterocycles. The van der Waals surface area contributed by atoms with E-state index in [1.165, 1.54) is 0 Å². The molecule has 1 heterocycles. The Morgan fingerprint density at radius 2 is 2.50 bits per heavy atom. The molecule has 0 spiro atoms. The normalized spacial score (nSPS) is 30.1. The third-order valence-corrected chi connectivity index (χ3v) is 0.972. The molecular formula is C3H7N5O2. The lowest BCUT2D eigenvalue weighted by Gasteiger charge is -2.14. The molecule has 0 radical (unpaired) electrons. The van der Waals surface area contributed by atoms with Crippen LogP contribution in [0.3, 0.4) is 0 Å². The van der Waals surface area contributed by atoms with Gasteiger partial charge in [0.1, 0.15) is 6.42 Å². The molecule has 10 heavy (non-hydrogen) atoms. The minimum absolute atomic E-state index is 0.302. The van der Waals surface area contributed by atoms with Gasteiger partial charge in [0.15, 0.2) is 0 Å². The second kappa shape index (κ2) is 2.20. The van der Waals surface area contributed by atoms with Gasteiger partial charge in [0.25, 0.3) is 0 Å². The second-order valence-corrected chi connectivity index (χ2v) is 1.93. The van der Waals surface area contributed by atoms with Gasteiger partial charge in [0.2, 0.25) is 5.79 Å². The molecule has 0 aromatic rings. The fraction of sp³-hybridized carbons (Fsp3) is 0.667. The van der Waals surface area contributed by atoms with Gasteiger partial charge in [-0.2, -0.15) is 5.43 Å². The maximum atomic E-state index is 10.1. The first-order chi connectivity index (χ1) is 4.62. The fourth-order valence-corrected chi connectivity index (χ4v) is 0.571. The number of hydrazine groups is 1. The first kappa shape index (κ1) is 6.90. The topological polar surface area (TPSA) is 112 Å². The molecular weight excluding hydrogens is 138 g/mol. The van der Waals surface area contributed by atoms with Gasteiger partial charge in [0.05, 0.1) is 0 Å². The summed E-state index contributed by atoms with van der Waals surface area (Å²) in [5.74, 6) is -2.32. The fourth-order valence-electron chi connectivity index (χ4n) is 0.571. The highest BCUT2D eigenvalue weighted by Crippen LogP contribution is 2.06. The minimum Gasteiger partial charge on any atom is -0.481 e. The summed E-state index contributed by atoms with van der Waals surface area (Å²) in [6.45, 7) is 0. The standard InChI is InChI=1S/C3H7N5O2/c4-3(1-2(9)10)5-7-8-6-3/h1,4H2,(H,5,8)(H,6,7)(H,9,10). The third-order valence-electron chi connectivity index (χ3n) is 0.972. The lowest BCUT2D eigenvalue weighted by molar-refractivity contribution is -0.138. The summed E-state index contributed by atoms with van der Waals surface area (Å²) in [5.41, 5.74) is 9.96. The van der Waals surface area contributed by atoms with Gasteiger partial charge in [-0.3, -0.25) is 10.5 Å². The van der Waals surface area contributed by atoms with Crippen molar-refractivity contribution >= 4 is 5.97 Å². The third kappa shape index (κ3) is 1.39. The maximum absolute atomic E-state index is 10.1. The summed E-state index contributed by atoms with van der Waals surface area (Å²) >= 11 is 0. The Balaban J connectivity index is 2.52. The van der Waals surface area contributed by atoms with Crippen molar-refractivity contribution in [2.75, 3.05) is 0 Å². The van der Waals surface area contributed by atoms with Crippen molar-refractivity contribution < 1.29 is 9.90 Å². The van der Waals surface area contributed by atoms with Gasteiger partial charge in [-0.1, -0.05) is 5.22 Å². The van der Waals surface area contributed by atoms with Crippen LogP contribution in [0, 0.1) is 0 Å². The molecule has 0 fully saturated rings. The summed E-state index contributed by atoms with van der Waals surface area (Å²) in [4.78, 5) is 10.1. The molecule has 56 valence electrons. The van der Waals surface area contributed by atoms with E-state index in [1.54, 1.807) is 0 Å². The van der Waals surface area contributed by atoms with Crippen LogP contribution < -0.4 is 16.7 Å². The van der Waals surface area contributed by atoms with E-state index >= 15 is 0 Å². The van der Waals surface area contributed by atoms with E-state index < -0.39 is 11.8 Å². The van der Waals surface area contributed by atoms with E-state index in [1.807, 2.05) is 0 Å². The highest BCUT2D eigenvalue weighted by atomic mass is 16.4. The number of nitrogens with zero attached hydrogens (tertiary/aromatic N) is 2. The number of aliphatic carboxylic acids is 1. The van der Waals surface area contributed by atoms with Gasteiger partial charge >= 0.3 is 5.97 Å². The SMILES string of the molecule is NC1(CC(=O)O)N=NNN1. The molecule has 1 rings (SSSR count). The number of carbonyl (C=O) groups is 1. The van der Waals surface area contributed by atoms with Gasteiger partial charge in [-0.05, 0) is 0 Å². The monoisotopic (exact) mass is 145 g/mol. The Labute approximate surface area is 56.2 Å². The Kier molecular flexibility index (Phi) is 1.52. The molecule has 5 N–H and O–H groups in total. The summed E-state index contributed by atoms with van der Waals surface area (Å²) in [6, 6.07) is 0. The first-order valence-corrected chi connectivity index (χ1v) is 2.57. The Morgan fingerprint density at radius 1 is 1.80 bits per heavy atom. The van der Waals surface area contributed by atoms with Crippen LogP contribution in [-0.4, -0.2) is 16.9 Å². The van der Waals surface area contributed by atoms with E-state index in [-0.39, 0.29) is 6.42 Å². The maximum Gasteiger partial charge on any atom is 0.308 e. The largest absolute Gasteiger partial charge is 0.481 e. The molecule has 0 saturated carbocycles.